The summed E-state index contributed by atoms with van der Waals surface area (Å²) in [4.78, 5) is 0.0630. The maximum absolute atomic E-state index is 13.7. The van der Waals surface area contributed by atoms with Crippen molar-refractivity contribution in [1.29, 1.82) is 0 Å². The van der Waals surface area contributed by atoms with Crippen LogP contribution in [0.25, 0.3) is 0 Å². The van der Waals surface area contributed by atoms with Gasteiger partial charge in [-0.25, -0.2) is 12.8 Å². The number of aryl methyl sites for hydroxylation is 1. The van der Waals surface area contributed by atoms with Gasteiger partial charge in [0.05, 0.1) is 4.90 Å². The lowest BCUT2D eigenvalue weighted by molar-refractivity contribution is 0.234. The summed E-state index contributed by atoms with van der Waals surface area (Å²) in [7, 11) is -3.58. The van der Waals surface area contributed by atoms with Crippen LogP contribution in [-0.2, 0) is 10.0 Å². The molecule has 2 heterocycles. The molecule has 2 aliphatic rings. The smallest absolute Gasteiger partial charge is 0.243 e. The number of nitrogens with zero attached hydrogens (tertiary/aromatic N) is 1. The van der Waals surface area contributed by atoms with Crippen molar-refractivity contribution in [2.75, 3.05) is 19.6 Å². The van der Waals surface area contributed by atoms with Crippen LogP contribution in [0.15, 0.2) is 23.1 Å². The van der Waals surface area contributed by atoms with Crippen LogP contribution in [0.3, 0.4) is 0 Å². The third-order valence-corrected chi connectivity index (χ3v) is 6.84. The molecule has 0 saturated carbocycles. The van der Waals surface area contributed by atoms with Crippen molar-refractivity contribution in [3.8, 4) is 0 Å². The second kappa shape index (κ2) is 7.47. The van der Waals surface area contributed by atoms with Gasteiger partial charge in [-0.1, -0.05) is 6.07 Å². The Bertz CT molecular complexity index is 639. The SMILES string of the molecule is Cc1ccc(S(=O)(=O)N2CCC(C3CCCN3)CC2)cc1F.Cl. The average Bonchev–Trinajstić information content (AvgIpc) is 3.04. The zero-order valence-electron chi connectivity index (χ0n) is 13.3. The molecule has 3 rings (SSSR count). The monoisotopic (exact) mass is 362 g/mol. The Hall–Kier alpha value is -0.690. The van der Waals surface area contributed by atoms with Crippen molar-refractivity contribution in [3.05, 3.63) is 29.6 Å². The molecule has 4 nitrogen and oxygen atoms in total. The first kappa shape index (κ1) is 18.6. The Kier molecular flexibility index (Phi) is 6.05. The minimum Gasteiger partial charge on any atom is -0.314 e. The van der Waals surface area contributed by atoms with Crippen molar-refractivity contribution in [1.82, 2.24) is 9.62 Å². The first-order valence-corrected chi connectivity index (χ1v) is 9.42. The standard InChI is InChI=1S/C16H23FN2O2S.ClH/c1-12-4-5-14(11-15(12)17)22(20,21)19-9-6-13(7-10-19)16-3-2-8-18-16;/h4-5,11,13,16,18H,2-3,6-10H2,1H3;1H. The van der Waals surface area contributed by atoms with Crippen LogP contribution in [0.2, 0.25) is 0 Å². The molecule has 0 amide bonds. The van der Waals surface area contributed by atoms with Crippen LogP contribution in [0, 0.1) is 18.7 Å². The van der Waals surface area contributed by atoms with E-state index >= 15 is 0 Å². The lowest BCUT2D eigenvalue weighted by Gasteiger charge is -2.34. The van der Waals surface area contributed by atoms with E-state index in [9.17, 15) is 12.8 Å². The van der Waals surface area contributed by atoms with E-state index in [0.717, 1.165) is 25.5 Å². The van der Waals surface area contributed by atoms with Crippen LogP contribution in [0.1, 0.15) is 31.2 Å². The van der Waals surface area contributed by atoms with Crippen LogP contribution < -0.4 is 5.32 Å². The Morgan fingerprint density at radius 3 is 2.48 bits per heavy atom. The van der Waals surface area contributed by atoms with Crippen molar-refractivity contribution in [2.45, 2.75) is 43.5 Å². The largest absolute Gasteiger partial charge is 0.314 e. The van der Waals surface area contributed by atoms with E-state index in [4.69, 9.17) is 0 Å². The highest BCUT2D eigenvalue weighted by molar-refractivity contribution is 7.89. The molecule has 1 unspecified atom stereocenters. The summed E-state index contributed by atoms with van der Waals surface area (Å²) in [6.45, 7) is 3.76. The molecule has 23 heavy (non-hydrogen) atoms. The second-order valence-corrected chi connectivity index (χ2v) is 8.29. The van der Waals surface area contributed by atoms with Gasteiger partial charge in [0.15, 0.2) is 0 Å². The summed E-state index contributed by atoms with van der Waals surface area (Å²) in [6, 6.07) is 4.70. The summed E-state index contributed by atoms with van der Waals surface area (Å²) in [5.74, 6) is 0.0924. The molecule has 0 aliphatic carbocycles. The number of rotatable bonds is 3. The molecule has 1 atom stereocenters. The molecule has 0 aromatic heterocycles. The van der Waals surface area contributed by atoms with E-state index in [-0.39, 0.29) is 17.3 Å². The quantitative estimate of drug-likeness (QED) is 0.899. The molecule has 1 aromatic rings. The van der Waals surface area contributed by atoms with Crippen molar-refractivity contribution >= 4 is 22.4 Å². The Morgan fingerprint density at radius 2 is 1.91 bits per heavy atom. The summed E-state index contributed by atoms with van der Waals surface area (Å²) in [5, 5.41) is 3.51. The molecule has 1 N–H and O–H groups in total. The molecular weight excluding hydrogens is 339 g/mol. The summed E-state index contributed by atoms with van der Waals surface area (Å²) in [6.07, 6.45) is 4.17. The molecule has 0 radical (unpaired) electrons. The third kappa shape index (κ3) is 3.87. The van der Waals surface area contributed by atoms with E-state index in [2.05, 4.69) is 5.32 Å². The number of hydrogen-bond donors (Lipinski definition) is 1. The fourth-order valence-electron chi connectivity index (χ4n) is 3.52. The normalized spacial score (nSPS) is 23.7. The minimum absolute atomic E-state index is 0. The summed E-state index contributed by atoms with van der Waals surface area (Å²) in [5.41, 5.74) is 0.463. The van der Waals surface area contributed by atoms with Crippen molar-refractivity contribution in [2.24, 2.45) is 5.92 Å². The molecule has 0 bridgehead atoms. The molecule has 2 aliphatic heterocycles. The first-order chi connectivity index (χ1) is 10.5. The maximum atomic E-state index is 13.7. The Morgan fingerprint density at radius 1 is 1.22 bits per heavy atom. The molecule has 0 spiro atoms. The molecule has 7 heteroatoms. The van der Waals surface area contributed by atoms with Gasteiger partial charge >= 0.3 is 0 Å². The van der Waals surface area contributed by atoms with E-state index < -0.39 is 15.8 Å². The molecule has 130 valence electrons. The lowest BCUT2D eigenvalue weighted by atomic mass is 9.89. The van der Waals surface area contributed by atoms with Gasteiger partial charge < -0.3 is 5.32 Å². The predicted octanol–water partition coefficient (Wildman–Crippen LogP) is 2.71. The zero-order chi connectivity index (χ0) is 15.7. The van der Waals surface area contributed by atoms with Gasteiger partial charge in [0.1, 0.15) is 5.82 Å². The lowest BCUT2D eigenvalue weighted by Crippen LogP contribution is -2.43. The van der Waals surface area contributed by atoms with Crippen molar-refractivity contribution < 1.29 is 12.8 Å². The van der Waals surface area contributed by atoms with Gasteiger partial charge in [0.25, 0.3) is 0 Å². The topological polar surface area (TPSA) is 49.4 Å². The maximum Gasteiger partial charge on any atom is 0.243 e. The number of sulfonamides is 1. The zero-order valence-corrected chi connectivity index (χ0v) is 14.9. The highest BCUT2D eigenvalue weighted by Gasteiger charge is 2.33. The predicted molar refractivity (Wildman–Crippen MR) is 90.9 cm³/mol. The van der Waals surface area contributed by atoms with Crippen molar-refractivity contribution in [3.63, 3.8) is 0 Å². The fourth-order valence-corrected chi connectivity index (χ4v) is 5.00. The van der Waals surface area contributed by atoms with E-state index in [1.165, 1.54) is 29.3 Å². The fraction of sp³-hybridized carbons (Fsp3) is 0.625. The minimum atomic E-state index is -3.58. The van der Waals surface area contributed by atoms with Crippen LogP contribution in [-0.4, -0.2) is 38.4 Å². The van der Waals surface area contributed by atoms with Crippen LogP contribution in [0.5, 0.6) is 0 Å². The highest BCUT2D eigenvalue weighted by atomic mass is 35.5. The summed E-state index contributed by atoms with van der Waals surface area (Å²) >= 11 is 0. The van der Waals surface area contributed by atoms with Gasteiger partial charge in [-0.05, 0) is 62.8 Å². The Labute approximate surface area is 143 Å². The number of benzene rings is 1. The van der Waals surface area contributed by atoms with Gasteiger partial charge in [0, 0.05) is 19.1 Å². The highest BCUT2D eigenvalue weighted by Crippen LogP contribution is 2.29. The van der Waals surface area contributed by atoms with E-state index in [0.29, 0.717) is 30.6 Å². The average molecular weight is 363 g/mol. The second-order valence-electron chi connectivity index (χ2n) is 6.36. The Balaban J connectivity index is 0.00000192. The van der Waals surface area contributed by atoms with Crippen LogP contribution >= 0.6 is 12.4 Å². The third-order valence-electron chi connectivity index (χ3n) is 4.95. The number of hydrogen-bond acceptors (Lipinski definition) is 3. The molecule has 2 saturated heterocycles. The van der Waals surface area contributed by atoms with E-state index in [1.807, 2.05) is 0 Å². The van der Waals surface area contributed by atoms with Gasteiger partial charge in [-0.2, -0.15) is 4.31 Å². The van der Waals surface area contributed by atoms with Gasteiger partial charge in [-0.15, -0.1) is 12.4 Å². The van der Waals surface area contributed by atoms with Gasteiger partial charge in [0.2, 0.25) is 10.0 Å². The van der Waals surface area contributed by atoms with E-state index in [1.54, 1.807) is 6.92 Å². The number of nitrogens with one attached hydrogen (secondary N) is 1. The molecule has 1 aromatic carbocycles. The first-order valence-electron chi connectivity index (χ1n) is 7.98. The number of piperidine rings is 1. The number of halogens is 2. The molecular formula is C16H24ClFN2O2S. The molecule has 2 fully saturated rings. The van der Waals surface area contributed by atoms with Crippen LogP contribution in [0.4, 0.5) is 4.39 Å². The van der Waals surface area contributed by atoms with Gasteiger partial charge in [-0.3, -0.25) is 0 Å². The summed E-state index contributed by atoms with van der Waals surface area (Å²) < 4.78 is 40.4.